The fraction of sp³-hybridized carbons (Fsp3) is 0.588. The number of benzene rings is 2. The van der Waals surface area contributed by atoms with Gasteiger partial charge in [0.15, 0.2) is 18.4 Å². The van der Waals surface area contributed by atoms with Gasteiger partial charge in [0.2, 0.25) is 5.78 Å². The topological polar surface area (TPSA) is 196 Å². The zero-order valence-electron chi connectivity index (χ0n) is 27.0. The fourth-order valence-electron chi connectivity index (χ4n) is 7.50. The van der Waals surface area contributed by atoms with E-state index in [-0.39, 0.29) is 53.7 Å². The number of aliphatic hydroxyl groups is 3. The highest BCUT2D eigenvalue weighted by Crippen LogP contribution is 2.56. The maximum Gasteiger partial charge on any atom is 0.202 e. The van der Waals surface area contributed by atoms with E-state index in [0.717, 1.165) is 0 Å². The maximum atomic E-state index is 13.7. The van der Waals surface area contributed by atoms with Gasteiger partial charge in [-0.25, -0.2) is 0 Å². The van der Waals surface area contributed by atoms with Crippen LogP contribution >= 0.6 is 0 Å². The number of carbonyl (C=O) groups is 2. The molecule has 0 radical (unpaired) electrons. The summed E-state index contributed by atoms with van der Waals surface area (Å²) in [6, 6.07) is 3.70. The van der Waals surface area contributed by atoms with Gasteiger partial charge in [-0.3, -0.25) is 9.59 Å². The minimum absolute atomic E-state index is 0.0288. The first-order valence-corrected chi connectivity index (χ1v) is 16.1. The van der Waals surface area contributed by atoms with E-state index in [0.29, 0.717) is 12.8 Å². The van der Waals surface area contributed by atoms with E-state index in [9.17, 15) is 40.2 Å². The average molecular weight is 658 g/mol. The van der Waals surface area contributed by atoms with E-state index in [1.165, 1.54) is 18.2 Å². The van der Waals surface area contributed by atoms with Gasteiger partial charge < -0.3 is 54.5 Å². The van der Waals surface area contributed by atoms with Gasteiger partial charge in [-0.15, -0.1) is 0 Å². The van der Waals surface area contributed by atoms with Crippen molar-refractivity contribution in [1.82, 2.24) is 4.90 Å². The summed E-state index contributed by atoms with van der Waals surface area (Å²) in [5.74, 6) is -3.61. The Kier molecular flexibility index (Phi) is 8.90. The van der Waals surface area contributed by atoms with Crippen LogP contribution in [0, 0.1) is 0 Å². The smallest absolute Gasteiger partial charge is 0.202 e. The number of carbonyl (C=O) groups excluding carboxylic acids is 2. The molecule has 0 saturated carbocycles. The molecule has 2 heterocycles. The third-order valence-electron chi connectivity index (χ3n) is 10.3. The maximum absolute atomic E-state index is 13.7. The number of phenols is 3. The SMILES string of the molecule is CC[C@@]1(O)C[C@H](O[C@H]2C[C@H](N(C)C)[C@H](O[C@H]3CC[C@H](O)[C@H](C)O3)[C@H](C)O2)c2c(O)c3c(c(O)c2[C@H]1O)C(=O)c1cccc(O)c1C3=O. The molecule has 2 aromatic carbocycles. The van der Waals surface area contributed by atoms with Crippen LogP contribution in [0.5, 0.6) is 17.2 Å². The van der Waals surface area contributed by atoms with Crippen molar-refractivity contribution in [3.05, 3.63) is 51.6 Å². The van der Waals surface area contributed by atoms with Gasteiger partial charge in [-0.2, -0.15) is 0 Å². The predicted molar refractivity (Wildman–Crippen MR) is 164 cm³/mol. The molecule has 6 rings (SSSR count). The highest BCUT2D eigenvalue weighted by molar-refractivity contribution is 6.31. The first-order valence-electron chi connectivity index (χ1n) is 16.1. The lowest BCUT2D eigenvalue weighted by molar-refractivity contribution is -0.303. The monoisotopic (exact) mass is 657 g/mol. The van der Waals surface area contributed by atoms with Gasteiger partial charge in [-0.05, 0) is 46.9 Å². The third-order valence-corrected chi connectivity index (χ3v) is 10.3. The van der Waals surface area contributed by atoms with Crippen LogP contribution in [0.25, 0.3) is 0 Å². The van der Waals surface area contributed by atoms with E-state index in [4.69, 9.17) is 18.9 Å². The van der Waals surface area contributed by atoms with Crippen LogP contribution in [0.3, 0.4) is 0 Å². The Bertz CT molecular complexity index is 1580. The molecule has 0 spiro atoms. The number of likely N-dealkylation sites (N-methyl/N-ethyl adjacent to an activating group) is 1. The summed E-state index contributed by atoms with van der Waals surface area (Å²) in [6.07, 6.45) is -5.14. The van der Waals surface area contributed by atoms with Crippen molar-refractivity contribution in [3.63, 3.8) is 0 Å². The normalized spacial score (nSPS) is 35.4. The van der Waals surface area contributed by atoms with Crippen LogP contribution in [0.1, 0.15) is 108 Å². The summed E-state index contributed by atoms with van der Waals surface area (Å²) in [5.41, 5.74) is -3.82. The van der Waals surface area contributed by atoms with Gasteiger partial charge in [0, 0.05) is 42.0 Å². The first-order chi connectivity index (χ1) is 22.2. The Hall–Kier alpha value is -3.14. The average Bonchev–Trinajstić information content (AvgIpc) is 3.02. The molecule has 0 aromatic heterocycles. The summed E-state index contributed by atoms with van der Waals surface area (Å²) < 4.78 is 25.0. The molecule has 10 atom stereocenters. The number of aliphatic hydroxyl groups excluding tert-OH is 2. The largest absolute Gasteiger partial charge is 0.507 e. The molecule has 2 saturated heterocycles. The highest BCUT2D eigenvalue weighted by Gasteiger charge is 2.52. The minimum atomic E-state index is -1.83. The molecule has 2 aliphatic heterocycles. The Balaban J connectivity index is 1.36. The van der Waals surface area contributed by atoms with Crippen LogP contribution in [-0.2, 0) is 18.9 Å². The molecule has 2 fully saturated rings. The minimum Gasteiger partial charge on any atom is -0.507 e. The molecule has 13 nitrogen and oxygen atoms in total. The van der Waals surface area contributed by atoms with E-state index in [1.54, 1.807) is 13.8 Å². The van der Waals surface area contributed by atoms with E-state index in [1.807, 2.05) is 25.9 Å². The quantitative estimate of drug-likeness (QED) is 0.212. The summed E-state index contributed by atoms with van der Waals surface area (Å²) in [4.78, 5) is 29.2. The van der Waals surface area contributed by atoms with Crippen molar-refractivity contribution in [3.8, 4) is 17.2 Å². The number of fused-ring (bicyclic) bond motifs is 3. The van der Waals surface area contributed by atoms with Crippen molar-refractivity contribution in [2.24, 2.45) is 0 Å². The molecule has 256 valence electrons. The highest BCUT2D eigenvalue weighted by atomic mass is 16.7. The lowest BCUT2D eigenvalue weighted by Gasteiger charge is -2.47. The molecule has 0 unspecified atom stereocenters. The lowest BCUT2D eigenvalue weighted by atomic mass is 9.70. The third kappa shape index (κ3) is 5.52. The zero-order valence-corrected chi connectivity index (χ0v) is 27.0. The van der Waals surface area contributed by atoms with Crippen LogP contribution in [0.15, 0.2) is 18.2 Å². The van der Waals surface area contributed by atoms with Gasteiger partial charge in [0.25, 0.3) is 0 Å². The number of aromatic hydroxyl groups is 3. The standard InChI is InChI=1S/C34H43NO12/c1-6-34(43)13-20(46-22-12-17(35(4)5)32(15(3)45-22)47-21-11-10-18(36)14(2)44-21)24-27(33(34)42)31(41)25-26(30(24)40)29(39)23-16(28(25)38)8-7-9-19(23)37/h7-9,14-15,17-18,20-22,32-33,36-37,40-43H,6,10-13H2,1-5H3/t14-,15-,17-,18-,20-,21-,22-,32+,33+,34+/m0/s1. The Labute approximate surface area is 272 Å². The van der Waals surface area contributed by atoms with Gasteiger partial charge >= 0.3 is 0 Å². The van der Waals surface area contributed by atoms with E-state index >= 15 is 0 Å². The number of rotatable bonds is 6. The summed E-state index contributed by atoms with van der Waals surface area (Å²) >= 11 is 0. The molecular formula is C34H43NO12. The van der Waals surface area contributed by atoms with E-state index < -0.39 is 88.6 Å². The molecule has 6 N–H and O–H groups in total. The number of hydrogen-bond donors (Lipinski definition) is 6. The van der Waals surface area contributed by atoms with Crippen molar-refractivity contribution in [2.75, 3.05) is 14.1 Å². The number of nitrogens with zero attached hydrogens (tertiary/aromatic N) is 1. The van der Waals surface area contributed by atoms with E-state index in [2.05, 4.69) is 0 Å². The van der Waals surface area contributed by atoms with Crippen LogP contribution in [-0.4, -0.2) is 110 Å². The Morgan fingerprint density at radius 1 is 0.894 bits per heavy atom. The van der Waals surface area contributed by atoms with Gasteiger partial charge in [0.05, 0.1) is 46.7 Å². The van der Waals surface area contributed by atoms with Crippen LogP contribution < -0.4 is 0 Å². The molecule has 0 amide bonds. The molecule has 2 aromatic rings. The predicted octanol–water partition coefficient (Wildman–Crippen LogP) is 2.55. The summed E-state index contributed by atoms with van der Waals surface area (Å²) in [6.45, 7) is 5.26. The second-order valence-corrected chi connectivity index (χ2v) is 13.4. The summed E-state index contributed by atoms with van der Waals surface area (Å²) in [5, 5.41) is 66.7. The van der Waals surface area contributed by atoms with Crippen LogP contribution in [0.2, 0.25) is 0 Å². The second-order valence-electron chi connectivity index (χ2n) is 13.4. The summed E-state index contributed by atoms with van der Waals surface area (Å²) in [7, 11) is 3.77. The number of ether oxygens (including phenoxy) is 4. The van der Waals surface area contributed by atoms with Crippen molar-refractivity contribution < 1.29 is 59.2 Å². The molecule has 4 aliphatic rings. The molecule has 47 heavy (non-hydrogen) atoms. The van der Waals surface area contributed by atoms with Crippen molar-refractivity contribution >= 4 is 11.6 Å². The Morgan fingerprint density at radius 2 is 1.55 bits per heavy atom. The van der Waals surface area contributed by atoms with Crippen LogP contribution in [0.4, 0.5) is 0 Å². The Morgan fingerprint density at radius 3 is 2.21 bits per heavy atom. The molecular weight excluding hydrogens is 614 g/mol. The first kappa shape index (κ1) is 33.7. The van der Waals surface area contributed by atoms with Crippen molar-refractivity contribution in [1.29, 1.82) is 0 Å². The second kappa shape index (κ2) is 12.4. The fourth-order valence-corrected chi connectivity index (χ4v) is 7.50. The molecule has 2 aliphatic carbocycles. The van der Waals surface area contributed by atoms with Crippen molar-refractivity contribution in [2.45, 2.75) is 114 Å². The lowest BCUT2D eigenvalue weighted by Crippen LogP contribution is -2.56. The number of hydrogen-bond acceptors (Lipinski definition) is 13. The van der Waals surface area contributed by atoms with Gasteiger partial charge in [-0.1, -0.05) is 19.1 Å². The van der Waals surface area contributed by atoms with Gasteiger partial charge in [0.1, 0.15) is 29.5 Å². The number of ketones is 2. The molecule has 0 bridgehead atoms. The molecule has 13 heteroatoms. The zero-order chi connectivity index (χ0) is 34.1. The number of phenolic OH excluding ortho intramolecular Hbond substituents is 3.